The predicted octanol–water partition coefficient (Wildman–Crippen LogP) is 4.36. The fourth-order valence-electron chi connectivity index (χ4n) is 4.46. The summed E-state index contributed by atoms with van der Waals surface area (Å²) in [6, 6.07) is 16.1. The first-order valence-corrected chi connectivity index (χ1v) is 12.5. The van der Waals surface area contributed by atoms with Gasteiger partial charge in [-0.1, -0.05) is 36.4 Å². The third-order valence-electron chi connectivity index (χ3n) is 6.29. The van der Waals surface area contributed by atoms with Crippen molar-refractivity contribution < 1.29 is 31.2 Å². The lowest BCUT2D eigenvalue weighted by atomic mass is 10.1. The molecule has 3 aromatic carbocycles. The summed E-state index contributed by atoms with van der Waals surface area (Å²) in [6.45, 7) is 0.122. The van der Waals surface area contributed by atoms with Gasteiger partial charge in [0.05, 0.1) is 23.0 Å². The number of benzene rings is 3. The molecule has 3 aromatic rings. The molecule has 1 atom stereocenters. The Bertz CT molecular complexity index is 1460. The van der Waals surface area contributed by atoms with Crippen LogP contribution in [0.2, 0.25) is 0 Å². The van der Waals surface area contributed by atoms with Crippen LogP contribution in [0, 0.1) is 0 Å². The van der Waals surface area contributed by atoms with Crippen molar-refractivity contribution in [2.75, 3.05) is 18.0 Å². The van der Waals surface area contributed by atoms with E-state index in [1.165, 1.54) is 35.2 Å². The van der Waals surface area contributed by atoms with Crippen LogP contribution in [0.15, 0.2) is 77.7 Å². The van der Waals surface area contributed by atoms with Gasteiger partial charge in [0.2, 0.25) is 0 Å². The molecular weight excluding hydrogens is 495 g/mol. The van der Waals surface area contributed by atoms with E-state index in [2.05, 4.69) is 5.32 Å². The van der Waals surface area contributed by atoms with Gasteiger partial charge in [-0.05, 0) is 53.9 Å². The first-order valence-electron chi connectivity index (χ1n) is 11.1. The highest BCUT2D eigenvalue weighted by atomic mass is 32.2. The maximum Gasteiger partial charge on any atom is 0.416 e. The fraction of sp³-hybridized carbons (Fsp3) is 0.200. The van der Waals surface area contributed by atoms with Gasteiger partial charge in [0, 0.05) is 17.8 Å². The number of rotatable bonds is 4. The summed E-state index contributed by atoms with van der Waals surface area (Å²) >= 11 is 0. The second kappa shape index (κ2) is 8.66. The van der Waals surface area contributed by atoms with Crippen LogP contribution < -0.4 is 10.2 Å². The number of nitrogens with zero attached hydrogens (tertiary/aromatic N) is 2. The number of carbonyl (C=O) groups is 2. The Balaban J connectivity index is 1.39. The van der Waals surface area contributed by atoms with Gasteiger partial charge >= 0.3 is 12.2 Å². The molecule has 0 spiro atoms. The topological polar surface area (TPSA) is 86.8 Å². The third-order valence-corrected chi connectivity index (χ3v) is 8.04. The molecule has 3 amide bonds. The van der Waals surface area contributed by atoms with Gasteiger partial charge in [0.15, 0.2) is 0 Å². The highest BCUT2D eigenvalue weighted by molar-refractivity contribution is 7.89. The van der Waals surface area contributed by atoms with Crippen molar-refractivity contribution in [2.24, 2.45) is 0 Å². The molecule has 7 nitrogen and oxygen atoms in total. The monoisotopic (exact) mass is 515 g/mol. The van der Waals surface area contributed by atoms with Crippen molar-refractivity contribution >= 4 is 27.6 Å². The fourth-order valence-corrected chi connectivity index (χ4v) is 5.86. The smallest absolute Gasteiger partial charge is 0.328 e. The molecule has 0 aromatic heterocycles. The molecule has 0 saturated carbocycles. The number of fused-ring (bicyclic) bond motifs is 1. The number of anilines is 1. The van der Waals surface area contributed by atoms with Crippen LogP contribution in [0.25, 0.3) is 0 Å². The van der Waals surface area contributed by atoms with Crippen LogP contribution in [0.1, 0.15) is 33.1 Å². The molecular formula is C25H20F3N3O4S. The van der Waals surface area contributed by atoms with Gasteiger partial charge in [-0.15, -0.1) is 0 Å². The first kappa shape index (κ1) is 23.9. The van der Waals surface area contributed by atoms with Crippen LogP contribution in [0.3, 0.4) is 0 Å². The van der Waals surface area contributed by atoms with E-state index in [1.807, 2.05) is 6.07 Å². The zero-order valence-electron chi connectivity index (χ0n) is 18.7. The number of carbonyl (C=O) groups excluding carboxylic acids is 2. The maximum absolute atomic E-state index is 13.3. The largest absolute Gasteiger partial charge is 0.416 e. The lowest BCUT2D eigenvalue weighted by Crippen LogP contribution is -2.34. The van der Waals surface area contributed by atoms with E-state index in [4.69, 9.17) is 0 Å². The summed E-state index contributed by atoms with van der Waals surface area (Å²) in [4.78, 5) is 26.7. The van der Waals surface area contributed by atoms with E-state index >= 15 is 0 Å². The number of hydrogen-bond acceptors (Lipinski definition) is 4. The van der Waals surface area contributed by atoms with E-state index in [1.54, 1.807) is 24.3 Å². The molecule has 1 saturated heterocycles. The number of urea groups is 1. The molecule has 1 fully saturated rings. The zero-order valence-corrected chi connectivity index (χ0v) is 19.5. The van der Waals surface area contributed by atoms with Crippen molar-refractivity contribution in [2.45, 2.75) is 23.5 Å². The Hall–Kier alpha value is -3.86. The Morgan fingerprint density at radius 3 is 2.44 bits per heavy atom. The highest BCUT2D eigenvalue weighted by Gasteiger charge is 2.39. The molecule has 5 rings (SSSR count). The van der Waals surface area contributed by atoms with Crippen LogP contribution in [0.4, 0.5) is 23.7 Å². The molecule has 36 heavy (non-hydrogen) atoms. The molecule has 0 bridgehead atoms. The summed E-state index contributed by atoms with van der Waals surface area (Å²) in [6.07, 6.45) is -4.26. The van der Waals surface area contributed by atoms with Gasteiger partial charge in [-0.3, -0.25) is 4.79 Å². The normalized spacial score (nSPS) is 17.8. The van der Waals surface area contributed by atoms with Crippen molar-refractivity contribution in [3.63, 3.8) is 0 Å². The molecule has 2 aliphatic rings. The number of nitrogens with one attached hydrogen (secondary N) is 1. The Morgan fingerprint density at radius 1 is 0.972 bits per heavy atom. The molecule has 2 aliphatic heterocycles. The Morgan fingerprint density at radius 2 is 1.72 bits per heavy atom. The summed E-state index contributed by atoms with van der Waals surface area (Å²) in [5.74, 6) is -0.611. The summed E-state index contributed by atoms with van der Waals surface area (Å²) in [7, 11) is -4.17. The van der Waals surface area contributed by atoms with E-state index in [0.717, 1.165) is 22.0 Å². The average molecular weight is 516 g/mol. The SMILES string of the molecule is O=C(c1cccc(C(F)(F)F)c1)N1CCc2cc(S(=O)(=O)N3CC(c4ccccc4)NC3=O)ccc21. The van der Waals surface area contributed by atoms with E-state index < -0.39 is 39.7 Å². The van der Waals surface area contributed by atoms with Crippen molar-refractivity contribution in [3.8, 4) is 0 Å². The van der Waals surface area contributed by atoms with E-state index in [9.17, 15) is 31.2 Å². The first-order chi connectivity index (χ1) is 17.1. The third kappa shape index (κ3) is 4.19. The molecule has 186 valence electrons. The lowest BCUT2D eigenvalue weighted by molar-refractivity contribution is -0.137. The highest BCUT2D eigenvalue weighted by Crippen LogP contribution is 2.35. The lowest BCUT2D eigenvalue weighted by Gasteiger charge is -2.19. The van der Waals surface area contributed by atoms with Crippen molar-refractivity contribution in [1.82, 2.24) is 9.62 Å². The van der Waals surface area contributed by atoms with Crippen LogP contribution >= 0.6 is 0 Å². The van der Waals surface area contributed by atoms with Gasteiger partial charge in [0.25, 0.3) is 15.9 Å². The number of amides is 3. The maximum atomic E-state index is 13.3. The number of halogens is 3. The minimum absolute atomic E-state index is 0.0670. The van der Waals surface area contributed by atoms with Crippen LogP contribution in [-0.2, 0) is 22.6 Å². The van der Waals surface area contributed by atoms with Crippen molar-refractivity contribution in [1.29, 1.82) is 0 Å². The number of hydrogen-bond donors (Lipinski definition) is 1. The van der Waals surface area contributed by atoms with E-state index in [-0.39, 0.29) is 23.5 Å². The Labute approximate surface area is 205 Å². The molecule has 2 heterocycles. The van der Waals surface area contributed by atoms with E-state index in [0.29, 0.717) is 17.7 Å². The number of sulfonamides is 1. The average Bonchev–Trinajstić information content (AvgIpc) is 3.47. The minimum Gasteiger partial charge on any atom is -0.328 e. The summed E-state index contributed by atoms with van der Waals surface area (Å²) in [5, 5.41) is 2.68. The van der Waals surface area contributed by atoms with Crippen LogP contribution in [0.5, 0.6) is 0 Å². The van der Waals surface area contributed by atoms with Gasteiger partial charge in [-0.25, -0.2) is 17.5 Å². The summed E-state index contributed by atoms with van der Waals surface area (Å²) in [5.41, 5.74) is 0.711. The molecule has 1 unspecified atom stereocenters. The van der Waals surface area contributed by atoms with Crippen LogP contribution in [-0.4, -0.2) is 37.8 Å². The van der Waals surface area contributed by atoms with Gasteiger partial charge in [-0.2, -0.15) is 13.2 Å². The van der Waals surface area contributed by atoms with Gasteiger partial charge in [0.1, 0.15) is 0 Å². The standard InChI is InChI=1S/C25H20F3N3O4S/c26-25(27,28)19-8-4-7-18(13-19)23(32)30-12-11-17-14-20(9-10-22(17)30)36(34,35)31-15-21(29-24(31)33)16-5-2-1-3-6-16/h1-10,13-14,21H,11-12,15H2,(H,29,33). The molecule has 0 aliphatic carbocycles. The summed E-state index contributed by atoms with van der Waals surface area (Å²) < 4.78 is 66.5. The second-order valence-electron chi connectivity index (χ2n) is 8.52. The van der Waals surface area contributed by atoms with Crippen molar-refractivity contribution in [3.05, 3.63) is 95.1 Å². The minimum atomic E-state index is -4.58. The van der Waals surface area contributed by atoms with Gasteiger partial charge < -0.3 is 10.2 Å². The predicted molar refractivity (Wildman–Crippen MR) is 125 cm³/mol. The quantitative estimate of drug-likeness (QED) is 0.559. The number of alkyl halides is 3. The Kier molecular flexibility index (Phi) is 5.74. The zero-order chi connectivity index (χ0) is 25.7. The second-order valence-corrected chi connectivity index (χ2v) is 10.4. The molecule has 1 N–H and O–H groups in total. The molecule has 11 heteroatoms. The molecule has 0 radical (unpaired) electrons.